The van der Waals surface area contributed by atoms with Crippen molar-refractivity contribution in [2.45, 2.75) is 0 Å². The molecule has 0 unspecified atom stereocenters. The Balaban J connectivity index is 2.41. The first-order chi connectivity index (χ1) is 12.9. The summed E-state index contributed by atoms with van der Waals surface area (Å²) in [4.78, 5) is 0. The van der Waals surface area contributed by atoms with E-state index in [1.54, 1.807) is 30.3 Å². The highest BCUT2D eigenvalue weighted by atomic mass is 35.5. The highest BCUT2D eigenvalue weighted by molar-refractivity contribution is 6.31. The molecule has 0 atom stereocenters. The Morgan fingerprint density at radius 1 is 1.07 bits per heavy atom. The molecule has 0 saturated carbocycles. The Bertz CT molecular complexity index is 1020. The highest BCUT2D eigenvalue weighted by Crippen LogP contribution is 2.42. The molecule has 0 aliphatic rings. The maximum atomic E-state index is 13.7. The molecule has 0 aliphatic heterocycles. The van der Waals surface area contributed by atoms with Crippen LogP contribution in [-0.2, 0) is 0 Å². The number of nitrogens with zero attached hydrogens (tertiary/aromatic N) is 1. The number of amidine groups is 1. The summed E-state index contributed by atoms with van der Waals surface area (Å²) in [6, 6.07) is 13.8. The normalized spacial score (nSPS) is 11.4. The number of nitrogens with two attached hydrogens (primary N) is 1. The van der Waals surface area contributed by atoms with Gasteiger partial charge in [-0.1, -0.05) is 28.9 Å². The number of phenolic OH excluding ortho intramolecular Hbond substituents is 1. The van der Waals surface area contributed by atoms with Crippen LogP contribution in [0.15, 0.2) is 59.8 Å². The number of rotatable bonds is 4. The first-order valence-corrected chi connectivity index (χ1v) is 8.27. The monoisotopic (exact) mass is 386 g/mol. The van der Waals surface area contributed by atoms with E-state index < -0.39 is 5.82 Å². The molecule has 138 valence electrons. The van der Waals surface area contributed by atoms with E-state index in [0.29, 0.717) is 27.3 Å². The number of benzene rings is 3. The van der Waals surface area contributed by atoms with Crippen molar-refractivity contribution < 1.29 is 19.4 Å². The second kappa shape index (κ2) is 7.55. The number of hydrogen-bond donors (Lipinski definition) is 3. The third-order valence-electron chi connectivity index (χ3n) is 4.10. The van der Waals surface area contributed by atoms with Crippen LogP contribution in [0, 0.1) is 5.82 Å². The van der Waals surface area contributed by atoms with E-state index >= 15 is 0 Å². The molecule has 0 spiro atoms. The Morgan fingerprint density at radius 3 is 2.41 bits per heavy atom. The third kappa shape index (κ3) is 3.66. The van der Waals surface area contributed by atoms with Crippen molar-refractivity contribution in [1.82, 2.24) is 0 Å². The molecule has 3 aromatic carbocycles. The van der Waals surface area contributed by atoms with Crippen molar-refractivity contribution >= 4 is 17.4 Å². The molecule has 7 heteroatoms. The van der Waals surface area contributed by atoms with Gasteiger partial charge in [0.05, 0.1) is 7.11 Å². The molecular weight excluding hydrogens is 371 g/mol. The number of hydrogen-bond acceptors (Lipinski definition) is 4. The quantitative estimate of drug-likeness (QED) is 0.264. The molecule has 0 fully saturated rings. The van der Waals surface area contributed by atoms with Crippen LogP contribution in [0.5, 0.6) is 11.5 Å². The summed E-state index contributed by atoms with van der Waals surface area (Å²) < 4.78 is 19.0. The molecule has 4 N–H and O–H groups in total. The fourth-order valence-electron chi connectivity index (χ4n) is 2.89. The second-order valence-electron chi connectivity index (χ2n) is 5.75. The van der Waals surface area contributed by atoms with Gasteiger partial charge in [0, 0.05) is 27.8 Å². The van der Waals surface area contributed by atoms with Crippen LogP contribution in [0.2, 0.25) is 5.02 Å². The van der Waals surface area contributed by atoms with E-state index in [9.17, 15) is 14.7 Å². The third-order valence-corrected chi connectivity index (χ3v) is 4.32. The first kappa shape index (κ1) is 18.5. The highest BCUT2D eigenvalue weighted by Gasteiger charge is 2.20. The lowest BCUT2D eigenvalue weighted by Gasteiger charge is -2.18. The molecule has 3 aromatic rings. The van der Waals surface area contributed by atoms with Gasteiger partial charge in [-0.05, 0) is 47.5 Å². The topological polar surface area (TPSA) is 88.1 Å². The fraction of sp³-hybridized carbons (Fsp3) is 0.0500. The average molecular weight is 387 g/mol. The lowest BCUT2D eigenvalue weighted by molar-refractivity contribution is 0.318. The molecule has 0 aromatic heterocycles. The van der Waals surface area contributed by atoms with E-state index in [0.717, 1.165) is 5.56 Å². The minimum Gasteiger partial charge on any atom is -0.508 e. The van der Waals surface area contributed by atoms with Gasteiger partial charge in [0.25, 0.3) is 0 Å². The van der Waals surface area contributed by atoms with Gasteiger partial charge >= 0.3 is 0 Å². The summed E-state index contributed by atoms with van der Waals surface area (Å²) in [5.41, 5.74) is 8.71. The van der Waals surface area contributed by atoms with Gasteiger partial charge in [-0.3, -0.25) is 0 Å². The van der Waals surface area contributed by atoms with Crippen LogP contribution in [0.3, 0.4) is 0 Å². The molecule has 0 heterocycles. The Kier molecular flexibility index (Phi) is 5.19. The van der Waals surface area contributed by atoms with Crippen LogP contribution >= 0.6 is 11.6 Å². The van der Waals surface area contributed by atoms with Crippen molar-refractivity contribution in [2.75, 3.05) is 7.11 Å². The summed E-state index contributed by atoms with van der Waals surface area (Å²) in [7, 11) is 1.43. The summed E-state index contributed by atoms with van der Waals surface area (Å²) in [6.07, 6.45) is 0. The Hall–Kier alpha value is -3.25. The molecule has 0 bridgehead atoms. The van der Waals surface area contributed by atoms with E-state index in [2.05, 4.69) is 5.16 Å². The zero-order valence-electron chi connectivity index (χ0n) is 14.3. The lowest BCUT2D eigenvalue weighted by atomic mass is 9.89. The van der Waals surface area contributed by atoms with Gasteiger partial charge in [-0.2, -0.15) is 0 Å². The standard InChI is InChI=1S/C20H16ClFN2O3/c1-27-18-10-13(22)4-7-15(18)19-16(11-2-5-14(25)6-3-11)8-12(21)9-17(19)20(23)24-26/h2-10,25-26H,1H3,(H2,23,24). The number of phenols is 1. The number of oxime groups is 1. The molecule has 0 radical (unpaired) electrons. The van der Waals surface area contributed by atoms with Gasteiger partial charge in [0.1, 0.15) is 17.3 Å². The van der Waals surface area contributed by atoms with E-state index in [1.807, 2.05) is 0 Å². The zero-order chi connectivity index (χ0) is 19.6. The fourth-order valence-corrected chi connectivity index (χ4v) is 3.11. The molecule has 5 nitrogen and oxygen atoms in total. The largest absolute Gasteiger partial charge is 0.508 e. The summed E-state index contributed by atoms with van der Waals surface area (Å²) >= 11 is 6.26. The molecule has 0 amide bonds. The lowest BCUT2D eigenvalue weighted by Crippen LogP contribution is -2.15. The minimum absolute atomic E-state index is 0.110. The van der Waals surface area contributed by atoms with Crippen LogP contribution < -0.4 is 10.5 Å². The van der Waals surface area contributed by atoms with Crippen molar-refractivity contribution in [2.24, 2.45) is 10.9 Å². The number of methoxy groups -OCH3 is 1. The summed E-state index contributed by atoms with van der Waals surface area (Å²) in [5.74, 6) is -0.220. The maximum absolute atomic E-state index is 13.7. The Labute approximate surface area is 160 Å². The Morgan fingerprint density at radius 2 is 1.78 bits per heavy atom. The number of ether oxygens (including phenoxy) is 1. The SMILES string of the molecule is COc1cc(F)ccc1-c1c(/C(N)=N/O)cc(Cl)cc1-c1ccc(O)cc1. The number of aromatic hydroxyl groups is 1. The van der Waals surface area contributed by atoms with Crippen molar-refractivity contribution in [1.29, 1.82) is 0 Å². The molecule has 0 saturated heterocycles. The van der Waals surface area contributed by atoms with E-state index in [4.69, 9.17) is 22.1 Å². The van der Waals surface area contributed by atoms with Gasteiger partial charge < -0.3 is 20.8 Å². The number of halogens is 2. The van der Waals surface area contributed by atoms with Crippen molar-refractivity contribution in [3.8, 4) is 33.8 Å². The zero-order valence-corrected chi connectivity index (χ0v) is 15.0. The summed E-state index contributed by atoms with van der Waals surface area (Å²) in [6.45, 7) is 0. The van der Waals surface area contributed by atoms with Gasteiger partial charge in [-0.25, -0.2) is 4.39 Å². The van der Waals surface area contributed by atoms with Gasteiger partial charge in [0.2, 0.25) is 0 Å². The molecule has 27 heavy (non-hydrogen) atoms. The smallest absolute Gasteiger partial charge is 0.170 e. The van der Waals surface area contributed by atoms with E-state index in [-0.39, 0.29) is 17.3 Å². The van der Waals surface area contributed by atoms with Crippen molar-refractivity contribution in [3.63, 3.8) is 0 Å². The summed E-state index contributed by atoms with van der Waals surface area (Å²) in [5, 5.41) is 22.2. The minimum atomic E-state index is -0.457. The van der Waals surface area contributed by atoms with Gasteiger partial charge in [-0.15, -0.1) is 0 Å². The molecular formula is C20H16ClFN2O3. The van der Waals surface area contributed by atoms with Crippen molar-refractivity contribution in [3.05, 3.63) is 71.0 Å². The van der Waals surface area contributed by atoms with Crippen LogP contribution in [0.1, 0.15) is 5.56 Å². The van der Waals surface area contributed by atoms with Crippen LogP contribution in [0.4, 0.5) is 4.39 Å². The van der Waals surface area contributed by atoms with Gasteiger partial charge in [0.15, 0.2) is 5.84 Å². The van der Waals surface area contributed by atoms with E-state index in [1.165, 1.54) is 31.4 Å². The second-order valence-corrected chi connectivity index (χ2v) is 6.19. The molecule has 0 aliphatic carbocycles. The molecule has 3 rings (SSSR count). The maximum Gasteiger partial charge on any atom is 0.170 e. The predicted molar refractivity (Wildman–Crippen MR) is 103 cm³/mol. The van der Waals surface area contributed by atoms with Crippen LogP contribution in [-0.4, -0.2) is 23.3 Å². The average Bonchev–Trinajstić information content (AvgIpc) is 2.67. The first-order valence-electron chi connectivity index (χ1n) is 7.89. The predicted octanol–water partition coefficient (Wildman–Crippen LogP) is 4.62. The van der Waals surface area contributed by atoms with Crippen LogP contribution in [0.25, 0.3) is 22.3 Å².